The zero-order valence-electron chi connectivity index (χ0n) is 20.1. The molecule has 1 saturated carbocycles. The Morgan fingerprint density at radius 3 is 2.76 bits per heavy atom. The van der Waals surface area contributed by atoms with Gasteiger partial charge in [-0.1, -0.05) is 19.9 Å². The van der Waals surface area contributed by atoms with E-state index < -0.39 is 0 Å². The number of carbonyl (C=O) groups is 1. The first-order chi connectivity index (χ1) is 16.5. The van der Waals surface area contributed by atoms with E-state index in [0.29, 0.717) is 55.5 Å². The van der Waals surface area contributed by atoms with Gasteiger partial charge in [-0.25, -0.2) is 4.98 Å². The Kier molecular flexibility index (Phi) is 8.72. The van der Waals surface area contributed by atoms with Crippen LogP contribution in [0.5, 0.6) is 0 Å². The number of anilines is 1. The normalized spacial score (nSPS) is 18.4. The standard InChI is InChI=1S/C26H34N6O2/c1-4-6-22-17-31(10-11-32(22)24(33)9-12-34-3)26-20(16-28)14-23(25(30-26)18-7-8-18)19(15-27)13-21(29)5-2/h5,13-15,18,22,27,29H,2,4,6-12,17H2,1,3H3/b19-13+,27-15?,29-21?. The van der Waals surface area contributed by atoms with Crippen molar-refractivity contribution in [2.45, 2.75) is 51.0 Å². The van der Waals surface area contributed by atoms with Gasteiger partial charge in [0.1, 0.15) is 11.9 Å². The lowest BCUT2D eigenvalue weighted by molar-refractivity contribution is -0.135. The van der Waals surface area contributed by atoms with Crippen molar-refractivity contribution in [1.29, 1.82) is 16.1 Å². The van der Waals surface area contributed by atoms with Crippen molar-refractivity contribution >= 4 is 29.2 Å². The molecule has 1 aliphatic heterocycles. The molecule has 34 heavy (non-hydrogen) atoms. The molecule has 2 fully saturated rings. The van der Waals surface area contributed by atoms with Gasteiger partial charge in [-0.15, -0.1) is 0 Å². The van der Waals surface area contributed by atoms with Crippen molar-refractivity contribution in [2.24, 2.45) is 0 Å². The van der Waals surface area contributed by atoms with Crippen LogP contribution in [0.4, 0.5) is 5.82 Å². The van der Waals surface area contributed by atoms with Crippen LogP contribution in [-0.2, 0) is 9.53 Å². The molecule has 180 valence electrons. The van der Waals surface area contributed by atoms with Gasteiger partial charge in [-0.05, 0) is 37.5 Å². The number of amides is 1. The highest BCUT2D eigenvalue weighted by Crippen LogP contribution is 2.43. The number of piperazine rings is 1. The molecule has 2 aliphatic rings. The monoisotopic (exact) mass is 462 g/mol. The summed E-state index contributed by atoms with van der Waals surface area (Å²) in [5, 5.41) is 25.8. The number of rotatable bonds is 11. The first kappa shape index (κ1) is 25.3. The van der Waals surface area contributed by atoms with E-state index in [9.17, 15) is 10.1 Å². The van der Waals surface area contributed by atoms with Crippen LogP contribution in [-0.4, -0.2) is 67.1 Å². The van der Waals surface area contributed by atoms with Crippen molar-refractivity contribution in [3.8, 4) is 6.07 Å². The predicted octanol–water partition coefficient (Wildman–Crippen LogP) is 3.92. The Hall–Kier alpha value is -3.31. The molecule has 0 radical (unpaired) electrons. The molecule has 3 rings (SSSR count). The summed E-state index contributed by atoms with van der Waals surface area (Å²) in [6.45, 7) is 7.98. The van der Waals surface area contributed by atoms with Crippen LogP contribution in [0.1, 0.15) is 61.8 Å². The summed E-state index contributed by atoms with van der Waals surface area (Å²) in [5.74, 6) is 1.06. The summed E-state index contributed by atoms with van der Waals surface area (Å²) in [6.07, 6.45) is 8.49. The third kappa shape index (κ3) is 5.78. The fourth-order valence-electron chi connectivity index (χ4n) is 4.45. The maximum atomic E-state index is 12.7. The highest BCUT2D eigenvalue weighted by molar-refractivity contribution is 6.18. The number of pyridine rings is 1. The maximum absolute atomic E-state index is 12.7. The van der Waals surface area contributed by atoms with Gasteiger partial charge in [0.15, 0.2) is 0 Å². The van der Waals surface area contributed by atoms with Crippen LogP contribution in [0.3, 0.4) is 0 Å². The number of ether oxygens (including phenoxy) is 1. The second-order valence-electron chi connectivity index (χ2n) is 8.80. The van der Waals surface area contributed by atoms with Crippen molar-refractivity contribution < 1.29 is 9.53 Å². The van der Waals surface area contributed by atoms with Crippen molar-refractivity contribution in [2.75, 3.05) is 38.3 Å². The summed E-state index contributed by atoms with van der Waals surface area (Å²) >= 11 is 0. The maximum Gasteiger partial charge on any atom is 0.225 e. The lowest BCUT2D eigenvalue weighted by Gasteiger charge is -2.42. The van der Waals surface area contributed by atoms with Gasteiger partial charge in [0.25, 0.3) is 0 Å². The summed E-state index contributed by atoms with van der Waals surface area (Å²) < 4.78 is 5.09. The van der Waals surface area contributed by atoms with Crippen molar-refractivity contribution in [3.05, 3.63) is 41.6 Å². The number of carbonyl (C=O) groups excluding carboxylic acids is 1. The van der Waals surface area contributed by atoms with Crippen LogP contribution in [0.15, 0.2) is 24.8 Å². The summed E-state index contributed by atoms with van der Waals surface area (Å²) in [5.41, 5.74) is 2.83. The quantitative estimate of drug-likeness (QED) is 0.483. The number of hydrogen-bond donors (Lipinski definition) is 2. The summed E-state index contributed by atoms with van der Waals surface area (Å²) in [6, 6.07) is 4.17. The van der Waals surface area contributed by atoms with Gasteiger partial charge < -0.3 is 25.4 Å². The summed E-state index contributed by atoms with van der Waals surface area (Å²) in [7, 11) is 1.60. The van der Waals surface area contributed by atoms with Gasteiger partial charge in [-0.3, -0.25) is 4.79 Å². The number of nitrogens with zero attached hydrogens (tertiary/aromatic N) is 4. The minimum absolute atomic E-state index is 0.0607. The fraction of sp³-hybridized carbons (Fsp3) is 0.500. The number of nitriles is 1. The fourth-order valence-corrected chi connectivity index (χ4v) is 4.45. The second kappa shape index (κ2) is 11.7. The molecule has 1 amide bonds. The molecule has 0 aromatic carbocycles. The molecule has 1 aromatic heterocycles. The summed E-state index contributed by atoms with van der Waals surface area (Å²) in [4.78, 5) is 21.8. The molecular formula is C26H34N6O2. The lowest BCUT2D eigenvalue weighted by atomic mass is 9.98. The first-order valence-corrected chi connectivity index (χ1v) is 11.9. The zero-order valence-corrected chi connectivity index (χ0v) is 20.1. The molecule has 1 aromatic rings. The smallest absolute Gasteiger partial charge is 0.225 e. The van der Waals surface area contributed by atoms with E-state index in [2.05, 4.69) is 24.5 Å². The SMILES string of the molecule is C=CC(=N)/C=C(\C=N)c1cc(C#N)c(N2CCN(C(=O)CCOC)C(CCC)C2)nc1C1CC1. The third-order valence-electron chi connectivity index (χ3n) is 6.36. The Labute approximate surface area is 201 Å². The molecular weight excluding hydrogens is 428 g/mol. The largest absolute Gasteiger partial charge is 0.384 e. The Bertz CT molecular complexity index is 1020. The lowest BCUT2D eigenvalue weighted by Crippen LogP contribution is -2.55. The van der Waals surface area contributed by atoms with Crippen LogP contribution in [0.25, 0.3) is 5.57 Å². The molecule has 0 spiro atoms. The van der Waals surface area contributed by atoms with Crippen LogP contribution in [0.2, 0.25) is 0 Å². The number of methoxy groups -OCH3 is 1. The minimum Gasteiger partial charge on any atom is -0.384 e. The number of aromatic nitrogens is 1. The molecule has 2 N–H and O–H groups in total. The van der Waals surface area contributed by atoms with Crippen molar-refractivity contribution in [1.82, 2.24) is 9.88 Å². The van der Waals surface area contributed by atoms with E-state index in [-0.39, 0.29) is 17.7 Å². The third-order valence-corrected chi connectivity index (χ3v) is 6.36. The van der Waals surface area contributed by atoms with Crippen LogP contribution < -0.4 is 4.90 Å². The van der Waals surface area contributed by atoms with E-state index in [1.165, 1.54) is 12.3 Å². The molecule has 8 heteroatoms. The van der Waals surface area contributed by atoms with Crippen LogP contribution >= 0.6 is 0 Å². The average molecular weight is 463 g/mol. The Morgan fingerprint density at radius 2 is 2.18 bits per heavy atom. The second-order valence-corrected chi connectivity index (χ2v) is 8.80. The van der Waals surface area contributed by atoms with Gasteiger partial charge in [-0.2, -0.15) is 5.26 Å². The molecule has 1 atom stereocenters. The minimum atomic E-state index is 0.0607. The zero-order chi connectivity index (χ0) is 24.7. The van der Waals surface area contributed by atoms with Gasteiger partial charge in [0.2, 0.25) is 5.91 Å². The average Bonchev–Trinajstić information content (AvgIpc) is 3.70. The van der Waals surface area contributed by atoms with E-state index in [4.69, 9.17) is 20.5 Å². The topological polar surface area (TPSA) is 117 Å². The van der Waals surface area contributed by atoms with E-state index >= 15 is 0 Å². The number of allylic oxidation sites excluding steroid dienone is 3. The van der Waals surface area contributed by atoms with E-state index in [1.54, 1.807) is 13.2 Å². The van der Waals surface area contributed by atoms with Crippen molar-refractivity contribution in [3.63, 3.8) is 0 Å². The molecule has 1 unspecified atom stereocenters. The predicted molar refractivity (Wildman–Crippen MR) is 135 cm³/mol. The Morgan fingerprint density at radius 1 is 1.41 bits per heavy atom. The van der Waals surface area contributed by atoms with E-state index in [1.807, 2.05) is 11.0 Å². The highest BCUT2D eigenvalue weighted by Gasteiger charge is 2.34. The molecule has 1 aliphatic carbocycles. The first-order valence-electron chi connectivity index (χ1n) is 11.9. The van der Waals surface area contributed by atoms with Gasteiger partial charge in [0.05, 0.1) is 30.0 Å². The van der Waals surface area contributed by atoms with E-state index in [0.717, 1.165) is 36.9 Å². The van der Waals surface area contributed by atoms with Crippen LogP contribution in [0, 0.1) is 22.1 Å². The van der Waals surface area contributed by atoms with Gasteiger partial charge in [0, 0.05) is 56.1 Å². The highest BCUT2D eigenvalue weighted by atomic mass is 16.5. The van der Waals surface area contributed by atoms with Gasteiger partial charge >= 0.3 is 0 Å². The number of nitrogens with one attached hydrogen (secondary N) is 2. The Balaban J connectivity index is 1.96. The number of hydrogen-bond acceptors (Lipinski definition) is 7. The molecule has 1 saturated heterocycles. The molecule has 2 heterocycles. The molecule has 8 nitrogen and oxygen atoms in total. The molecule has 0 bridgehead atoms.